The van der Waals surface area contributed by atoms with E-state index in [9.17, 15) is 9.50 Å². The average Bonchev–Trinajstić information content (AvgIpc) is 3.53. The smallest absolute Gasteiger partial charge is 0.207 e. The molecule has 2 atom stereocenters. The molecule has 35 heavy (non-hydrogen) atoms. The number of hydrogen-bond acceptors (Lipinski definition) is 7. The van der Waals surface area contributed by atoms with Crippen LogP contribution in [0.3, 0.4) is 0 Å². The standard InChI is InChI=1S/C26H25FN4O4/c27-21-20(8-4-16-9-12-33-24(16)21)35-18-5-1-15(2-6-18)22-23-25(28)29-10-11-31(23)26(30-22)17-3-7-19(13-32)34-14-17/h1-2,4-6,8,10-11,17,19,32H,3,7,9,12-14H2,(H2,28,29). The molecule has 2 aliphatic rings. The minimum atomic E-state index is -0.481. The number of halogens is 1. The van der Waals surface area contributed by atoms with E-state index in [1.165, 1.54) is 0 Å². The molecule has 8 nitrogen and oxygen atoms in total. The Balaban J connectivity index is 1.31. The predicted molar refractivity (Wildman–Crippen MR) is 127 cm³/mol. The van der Waals surface area contributed by atoms with Gasteiger partial charge in [-0.25, -0.2) is 9.97 Å². The molecule has 180 valence electrons. The number of ether oxygens (including phenoxy) is 3. The van der Waals surface area contributed by atoms with Crippen LogP contribution >= 0.6 is 0 Å². The van der Waals surface area contributed by atoms with Crippen LogP contribution in [0.25, 0.3) is 16.8 Å². The Morgan fingerprint density at radius 2 is 2.03 bits per heavy atom. The van der Waals surface area contributed by atoms with E-state index >= 15 is 0 Å². The van der Waals surface area contributed by atoms with Gasteiger partial charge in [0.1, 0.15) is 28.6 Å². The molecule has 2 aromatic carbocycles. The predicted octanol–water partition coefficient (Wildman–Crippen LogP) is 4.10. The summed E-state index contributed by atoms with van der Waals surface area (Å²) in [5.74, 6) is 1.72. The van der Waals surface area contributed by atoms with Gasteiger partial charge >= 0.3 is 0 Å². The Bertz CT molecular complexity index is 1380. The number of fused-ring (bicyclic) bond motifs is 2. The molecule has 6 rings (SSSR count). The van der Waals surface area contributed by atoms with Crippen LogP contribution in [0.5, 0.6) is 17.2 Å². The maximum atomic E-state index is 14.7. The number of nitrogens with two attached hydrogens (primary N) is 1. The molecule has 0 radical (unpaired) electrons. The number of aromatic nitrogens is 3. The van der Waals surface area contributed by atoms with Crippen molar-refractivity contribution in [3.63, 3.8) is 0 Å². The van der Waals surface area contributed by atoms with Crippen LogP contribution in [0, 0.1) is 5.82 Å². The Hall–Kier alpha value is -3.69. The third-order valence-electron chi connectivity index (χ3n) is 6.67. The van der Waals surface area contributed by atoms with E-state index in [2.05, 4.69) is 4.98 Å². The van der Waals surface area contributed by atoms with Gasteiger partial charge in [-0.1, -0.05) is 6.07 Å². The highest BCUT2D eigenvalue weighted by molar-refractivity contribution is 5.85. The number of nitrogen functional groups attached to an aromatic ring is 1. The van der Waals surface area contributed by atoms with Gasteiger partial charge in [0.15, 0.2) is 11.5 Å². The maximum Gasteiger partial charge on any atom is 0.207 e. The first-order valence-electron chi connectivity index (χ1n) is 11.7. The van der Waals surface area contributed by atoms with E-state index in [1.807, 2.05) is 28.8 Å². The molecule has 0 amide bonds. The fourth-order valence-electron chi connectivity index (χ4n) is 4.81. The number of anilines is 1. The van der Waals surface area contributed by atoms with E-state index in [0.29, 0.717) is 36.9 Å². The van der Waals surface area contributed by atoms with E-state index in [4.69, 9.17) is 24.9 Å². The zero-order valence-corrected chi connectivity index (χ0v) is 19.0. The summed E-state index contributed by atoms with van der Waals surface area (Å²) in [6, 6.07) is 10.8. The second kappa shape index (κ2) is 8.83. The average molecular weight is 477 g/mol. The highest BCUT2D eigenvalue weighted by atomic mass is 19.1. The minimum absolute atomic E-state index is 0.0218. The van der Waals surface area contributed by atoms with Crippen molar-refractivity contribution in [2.45, 2.75) is 31.3 Å². The summed E-state index contributed by atoms with van der Waals surface area (Å²) in [4.78, 5) is 9.21. The first-order chi connectivity index (χ1) is 17.1. The summed E-state index contributed by atoms with van der Waals surface area (Å²) >= 11 is 0. The molecule has 2 unspecified atom stereocenters. The van der Waals surface area contributed by atoms with Gasteiger partial charge in [-0.3, -0.25) is 4.40 Å². The number of imidazole rings is 1. The Morgan fingerprint density at radius 1 is 1.17 bits per heavy atom. The van der Waals surface area contributed by atoms with Crippen molar-refractivity contribution in [1.82, 2.24) is 14.4 Å². The molecule has 0 saturated carbocycles. The molecule has 2 aromatic heterocycles. The fraction of sp³-hybridized carbons (Fsp3) is 0.308. The normalized spacial score (nSPS) is 19.5. The number of nitrogens with zero attached hydrogens (tertiary/aromatic N) is 3. The highest BCUT2D eigenvalue weighted by Crippen LogP contribution is 2.38. The monoisotopic (exact) mass is 476 g/mol. The summed E-state index contributed by atoms with van der Waals surface area (Å²) < 4.78 is 33.7. The van der Waals surface area contributed by atoms with E-state index in [0.717, 1.165) is 35.3 Å². The van der Waals surface area contributed by atoms with Crippen molar-refractivity contribution < 1.29 is 23.7 Å². The number of aliphatic hydroxyl groups is 1. The van der Waals surface area contributed by atoms with Gasteiger partial charge in [-0.15, -0.1) is 0 Å². The lowest BCUT2D eigenvalue weighted by atomic mass is 9.98. The van der Waals surface area contributed by atoms with Crippen LogP contribution in [0.1, 0.15) is 30.1 Å². The second-order valence-corrected chi connectivity index (χ2v) is 8.85. The molecule has 4 aromatic rings. The molecular formula is C26H25FN4O4. The largest absolute Gasteiger partial charge is 0.490 e. The zero-order chi connectivity index (χ0) is 23.9. The van der Waals surface area contributed by atoms with E-state index < -0.39 is 5.82 Å². The highest BCUT2D eigenvalue weighted by Gasteiger charge is 2.28. The topological polar surface area (TPSA) is 104 Å². The van der Waals surface area contributed by atoms with Gasteiger partial charge in [0.05, 0.1) is 25.9 Å². The third kappa shape index (κ3) is 3.86. The van der Waals surface area contributed by atoms with Gasteiger partial charge in [0.25, 0.3) is 0 Å². The maximum absolute atomic E-state index is 14.7. The minimum Gasteiger partial charge on any atom is -0.490 e. The second-order valence-electron chi connectivity index (χ2n) is 8.85. The van der Waals surface area contributed by atoms with Crippen LogP contribution in [-0.4, -0.2) is 45.4 Å². The summed E-state index contributed by atoms with van der Waals surface area (Å²) in [6.07, 6.45) is 5.71. The number of aliphatic hydroxyl groups excluding tert-OH is 1. The van der Waals surface area contributed by atoms with E-state index in [-0.39, 0.29) is 30.1 Å². The Labute approximate surface area is 201 Å². The number of rotatable bonds is 5. The van der Waals surface area contributed by atoms with E-state index in [1.54, 1.807) is 24.4 Å². The lowest BCUT2D eigenvalue weighted by molar-refractivity contribution is -0.0282. The lowest BCUT2D eigenvalue weighted by Gasteiger charge is -2.27. The van der Waals surface area contributed by atoms with Crippen molar-refractivity contribution in [1.29, 1.82) is 0 Å². The molecule has 1 saturated heterocycles. The number of hydrogen-bond donors (Lipinski definition) is 2. The van der Waals surface area contributed by atoms with Crippen molar-refractivity contribution in [2.75, 3.05) is 25.6 Å². The fourth-order valence-corrected chi connectivity index (χ4v) is 4.81. The van der Waals surface area contributed by atoms with Crippen LogP contribution in [0.4, 0.5) is 10.2 Å². The first-order valence-corrected chi connectivity index (χ1v) is 11.7. The van der Waals surface area contributed by atoms with Crippen molar-refractivity contribution in [2.24, 2.45) is 0 Å². The molecule has 9 heteroatoms. The van der Waals surface area contributed by atoms with Crippen LogP contribution < -0.4 is 15.2 Å². The van der Waals surface area contributed by atoms with Crippen molar-refractivity contribution in [3.8, 4) is 28.5 Å². The molecule has 3 N–H and O–H groups in total. The van der Waals surface area contributed by atoms with Gasteiger partial charge in [0, 0.05) is 35.9 Å². The SMILES string of the molecule is Nc1nccn2c(C3CCC(CO)OC3)nc(-c3ccc(Oc4ccc5c(c4F)OCC5)cc3)c12. The van der Waals surface area contributed by atoms with Crippen LogP contribution in [0.15, 0.2) is 48.8 Å². The molecule has 0 bridgehead atoms. The first kappa shape index (κ1) is 21.8. The number of benzene rings is 2. The van der Waals surface area contributed by atoms with Gasteiger partial charge < -0.3 is 25.1 Å². The van der Waals surface area contributed by atoms with Crippen molar-refractivity contribution >= 4 is 11.3 Å². The van der Waals surface area contributed by atoms with Crippen LogP contribution in [0.2, 0.25) is 0 Å². The molecule has 0 aliphatic carbocycles. The summed E-state index contributed by atoms with van der Waals surface area (Å²) in [5, 5.41) is 9.37. The third-order valence-corrected chi connectivity index (χ3v) is 6.67. The summed E-state index contributed by atoms with van der Waals surface area (Å²) in [6.45, 7) is 0.987. The van der Waals surface area contributed by atoms with Crippen molar-refractivity contribution in [3.05, 3.63) is 66.0 Å². The quantitative estimate of drug-likeness (QED) is 0.447. The molecule has 2 aliphatic heterocycles. The molecule has 1 fully saturated rings. The summed E-state index contributed by atoms with van der Waals surface area (Å²) in [7, 11) is 0. The Morgan fingerprint density at radius 3 is 2.80 bits per heavy atom. The Kier molecular flexibility index (Phi) is 5.50. The zero-order valence-electron chi connectivity index (χ0n) is 19.0. The van der Waals surface area contributed by atoms with Crippen LogP contribution in [-0.2, 0) is 11.2 Å². The lowest BCUT2D eigenvalue weighted by Crippen LogP contribution is -2.28. The molecule has 0 spiro atoms. The van der Waals surface area contributed by atoms with Gasteiger partial charge in [0.2, 0.25) is 5.82 Å². The molecular weight excluding hydrogens is 451 g/mol. The van der Waals surface area contributed by atoms with Gasteiger partial charge in [-0.05, 0) is 43.2 Å². The molecule has 4 heterocycles. The summed E-state index contributed by atoms with van der Waals surface area (Å²) in [5.41, 5.74) is 9.38. The van der Waals surface area contributed by atoms with Gasteiger partial charge in [-0.2, -0.15) is 4.39 Å².